The summed E-state index contributed by atoms with van der Waals surface area (Å²) in [6.07, 6.45) is 0.461. The lowest BCUT2D eigenvalue weighted by Gasteiger charge is -2.18. The van der Waals surface area contributed by atoms with Gasteiger partial charge >= 0.3 is 5.97 Å². The van der Waals surface area contributed by atoms with E-state index in [1.165, 1.54) is 12.7 Å². The molecule has 0 aromatic heterocycles. The summed E-state index contributed by atoms with van der Waals surface area (Å²) in [6.45, 7) is 3.00. The van der Waals surface area contributed by atoms with Crippen LogP contribution < -0.4 is 10.1 Å². The summed E-state index contributed by atoms with van der Waals surface area (Å²) in [5.74, 6) is 2.42. The number of carbonyl (C=O) groups excluding carboxylic acids is 1. The van der Waals surface area contributed by atoms with Crippen molar-refractivity contribution in [2.24, 2.45) is 0 Å². The molecule has 0 amide bonds. The van der Waals surface area contributed by atoms with Crippen molar-refractivity contribution in [1.29, 1.82) is 0 Å². The van der Waals surface area contributed by atoms with Crippen molar-refractivity contribution in [1.82, 2.24) is 5.32 Å². The van der Waals surface area contributed by atoms with E-state index in [1.54, 1.807) is 18.9 Å². The third kappa shape index (κ3) is 5.84. The van der Waals surface area contributed by atoms with Crippen LogP contribution in [-0.2, 0) is 9.53 Å². The van der Waals surface area contributed by atoms with Crippen LogP contribution in [0.15, 0.2) is 24.3 Å². The van der Waals surface area contributed by atoms with E-state index in [-0.39, 0.29) is 12.0 Å². The summed E-state index contributed by atoms with van der Waals surface area (Å²) in [6, 6.07) is 8.38. The first-order chi connectivity index (χ1) is 9.71. The zero-order valence-corrected chi connectivity index (χ0v) is 13.2. The summed E-state index contributed by atoms with van der Waals surface area (Å²) in [5.41, 5.74) is 1.23. The Morgan fingerprint density at radius 2 is 2.00 bits per heavy atom. The molecule has 1 rings (SSSR count). The Bertz CT molecular complexity index is 395. The molecule has 0 fully saturated rings. The Balaban J connectivity index is 2.48. The molecule has 5 heteroatoms. The summed E-state index contributed by atoms with van der Waals surface area (Å²) in [4.78, 5) is 11.1. The van der Waals surface area contributed by atoms with Crippen LogP contribution in [0, 0.1) is 0 Å². The highest BCUT2D eigenvalue weighted by Gasteiger charge is 2.11. The van der Waals surface area contributed by atoms with Crippen LogP contribution in [0.5, 0.6) is 5.75 Å². The fraction of sp³-hybridized carbons (Fsp3) is 0.533. The van der Waals surface area contributed by atoms with Gasteiger partial charge in [0.25, 0.3) is 0 Å². The monoisotopic (exact) mass is 297 g/mol. The topological polar surface area (TPSA) is 47.6 Å². The molecule has 0 aliphatic heterocycles. The second kappa shape index (κ2) is 9.66. The Morgan fingerprint density at radius 1 is 1.30 bits per heavy atom. The van der Waals surface area contributed by atoms with Crippen LogP contribution in [0.3, 0.4) is 0 Å². The number of carbonyl (C=O) groups is 1. The molecule has 1 N–H and O–H groups in total. The first-order valence-electron chi connectivity index (χ1n) is 6.73. The predicted octanol–water partition coefficient (Wildman–Crippen LogP) is 2.64. The van der Waals surface area contributed by atoms with Crippen molar-refractivity contribution >= 4 is 17.7 Å². The summed E-state index contributed by atoms with van der Waals surface area (Å²) in [7, 11) is 3.09. The molecule has 0 aliphatic carbocycles. The van der Waals surface area contributed by atoms with Crippen molar-refractivity contribution in [3.05, 3.63) is 29.8 Å². The quantitative estimate of drug-likeness (QED) is 0.561. The van der Waals surface area contributed by atoms with Crippen molar-refractivity contribution in [2.45, 2.75) is 19.4 Å². The van der Waals surface area contributed by atoms with Crippen molar-refractivity contribution < 1.29 is 14.3 Å². The lowest BCUT2D eigenvalue weighted by atomic mass is 10.1. The second-order valence-electron chi connectivity index (χ2n) is 4.28. The van der Waals surface area contributed by atoms with Gasteiger partial charge in [0, 0.05) is 17.5 Å². The zero-order valence-electron chi connectivity index (χ0n) is 12.3. The van der Waals surface area contributed by atoms with Gasteiger partial charge in [0.1, 0.15) is 5.75 Å². The molecule has 0 heterocycles. The van der Waals surface area contributed by atoms with E-state index in [4.69, 9.17) is 4.74 Å². The highest BCUT2D eigenvalue weighted by molar-refractivity contribution is 7.99. The molecule has 0 radical (unpaired) electrons. The normalized spacial score (nSPS) is 11.9. The predicted molar refractivity (Wildman–Crippen MR) is 83.4 cm³/mol. The van der Waals surface area contributed by atoms with Crippen molar-refractivity contribution in [3.8, 4) is 5.75 Å². The molecule has 0 bridgehead atoms. The minimum Gasteiger partial charge on any atom is -0.497 e. The Hall–Kier alpha value is -1.20. The molecule has 20 heavy (non-hydrogen) atoms. The van der Waals surface area contributed by atoms with Gasteiger partial charge in [-0.1, -0.05) is 19.1 Å². The van der Waals surface area contributed by atoms with Crippen LogP contribution in [0.2, 0.25) is 0 Å². The van der Waals surface area contributed by atoms with E-state index in [2.05, 4.69) is 29.1 Å². The molecule has 0 aliphatic rings. The maximum absolute atomic E-state index is 11.1. The number of nitrogens with one attached hydrogen (secondary N) is 1. The third-order valence-electron chi connectivity index (χ3n) is 2.93. The van der Waals surface area contributed by atoms with Gasteiger partial charge in [-0.2, -0.15) is 11.8 Å². The van der Waals surface area contributed by atoms with Crippen LogP contribution in [0.25, 0.3) is 0 Å². The first-order valence-corrected chi connectivity index (χ1v) is 7.88. The minimum absolute atomic E-state index is 0.151. The number of rotatable bonds is 9. The molecule has 1 aromatic carbocycles. The van der Waals surface area contributed by atoms with E-state index >= 15 is 0 Å². The van der Waals surface area contributed by atoms with Gasteiger partial charge in [-0.25, -0.2) is 0 Å². The fourth-order valence-corrected chi connectivity index (χ4v) is 2.84. The molecule has 0 saturated heterocycles. The van der Waals surface area contributed by atoms with Crippen molar-refractivity contribution in [2.75, 3.05) is 32.3 Å². The number of thioether (sulfide) groups is 1. The van der Waals surface area contributed by atoms with E-state index < -0.39 is 0 Å². The van der Waals surface area contributed by atoms with Gasteiger partial charge in [0.2, 0.25) is 0 Å². The van der Waals surface area contributed by atoms with Gasteiger partial charge in [-0.3, -0.25) is 4.79 Å². The smallest absolute Gasteiger partial charge is 0.306 e. The van der Waals surface area contributed by atoms with Crippen LogP contribution in [-0.4, -0.2) is 38.2 Å². The van der Waals surface area contributed by atoms with Gasteiger partial charge in [0.15, 0.2) is 0 Å². The highest BCUT2D eigenvalue weighted by Crippen LogP contribution is 2.21. The number of methoxy groups -OCH3 is 2. The Labute approximate surface area is 125 Å². The molecule has 1 unspecified atom stereocenters. The van der Waals surface area contributed by atoms with E-state index in [0.717, 1.165) is 23.8 Å². The molecular weight excluding hydrogens is 274 g/mol. The zero-order chi connectivity index (χ0) is 14.8. The number of benzene rings is 1. The van der Waals surface area contributed by atoms with Crippen LogP contribution in [0.1, 0.15) is 24.9 Å². The number of hydrogen-bond donors (Lipinski definition) is 1. The minimum atomic E-state index is -0.151. The Morgan fingerprint density at radius 3 is 2.55 bits per heavy atom. The molecular formula is C15H23NO3S. The van der Waals surface area contributed by atoms with Crippen LogP contribution >= 0.6 is 11.8 Å². The van der Waals surface area contributed by atoms with E-state index in [0.29, 0.717) is 6.42 Å². The average Bonchev–Trinajstić information content (AvgIpc) is 2.50. The summed E-state index contributed by atoms with van der Waals surface area (Å²) >= 11 is 1.76. The SMILES string of the molecule is CCNC(CSCCC(=O)OC)c1ccc(OC)cc1. The molecule has 112 valence electrons. The molecule has 1 aromatic rings. The maximum Gasteiger partial charge on any atom is 0.306 e. The molecule has 1 atom stereocenters. The van der Waals surface area contributed by atoms with Crippen LogP contribution in [0.4, 0.5) is 0 Å². The average molecular weight is 297 g/mol. The van der Waals surface area contributed by atoms with E-state index in [1.807, 2.05) is 12.1 Å². The third-order valence-corrected chi connectivity index (χ3v) is 3.99. The Kier molecular flexibility index (Phi) is 8.14. The number of esters is 1. The van der Waals surface area contributed by atoms with Gasteiger partial charge in [-0.05, 0) is 24.2 Å². The second-order valence-corrected chi connectivity index (χ2v) is 5.43. The van der Waals surface area contributed by atoms with Gasteiger partial charge in [0.05, 0.1) is 20.6 Å². The van der Waals surface area contributed by atoms with Gasteiger partial charge < -0.3 is 14.8 Å². The summed E-state index contributed by atoms with van der Waals surface area (Å²) < 4.78 is 9.80. The molecule has 4 nitrogen and oxygen atoms in total. The van der Waals surface area contributed by atoms with Gasteiger partial charge in [-0.15, -0.1) is 0 Å². The maximum atomic E-state index is 11.1. The number of ether oxygens (including phenoxy) is 2. The lowest BCUT2D eigenvalue weighted by Crippen LogP contribution is -2.23. The van der Waals surface area contributed by atoms with Crippen molar-refractivity contribution in [3.63, 3.8) is 0 Å². The van der Waals surface area contributed by atoms with E-state index in [9.17, 15) is 4.79 Å². The summed E-state index contributed by atoms with van der Waals surface area (Å²) in [5, 5.41) is 3.46. The largest absolute Gasteiger partial charge is 0.497 e. The first kappa shape index (κ1) is 16.9. The molecule has 0 spiro atoms. The number of hydrogen-bond acceptors (Lipinski definition) is 5. The standard InChI is InChI=1S/C15H23NO3S/c1-4-16-14(11-20-10-9-15(17)19-3)12-5-7-13(18-2)8-6-12/h5-8,14,16H,4,9-11H2,1-3H3. The molecule has 0 saturated carbocycles. The highest BCUT2D eigenvalue weighted by atomic mass is 32.2. The lowest BCUT2D eigenvalue weighted by molar-refractivity contribution is -0.140. The fourth-order valence-electron chi connectivity index (χ4n) is 1.81.